The maximum Gasteiger partial charge on any atom is 0.311 e. The predicted molar refractivity (Wildman–Crippen MR) is 41.9 cm³/mol. The van der Waals surface area contributed by atoms with Crippen LogP contribution in [0.5, 0.6) is 0 Å². The van der Waals surface area contributed by atoms with Crippen molar-refractivity contribution in [1.29, 1.82) is 0 Å². The van der Waals surface area contributed by atoms with Gasteiger partial charge in [0.25, 0.3) is 0 Å². The largest absolute Gasteiger partial charge is 0.481 e. The van der Waals surface area contributed by atoms with Crippen LogP contribution >= 0.6 is 0 Å². The maximum atomic E-state index is 10.7. The first kappa shape index (κ1) is 7.34. The van der Waals surface area contributed by atoms with Crippen LogP contribution < -0.4 is 0 Å². The zero-order valence-corrected chi connectivity index (χ0v) is 6.82. The molecule has 1 N–H and O–H groups in total. The summed E-state index contributed by atoms with van der Waals surface area (Å²) < 4.78 is 1.68. The van der Waals surface area contributed by atoms with Gasteiger partial charge in [-0.15, -0.1) is 0 Å². The van der Waals surface area contributed by atoms with Gasteiger partial charge in [0, 0.05) is 18.8 Å². The van der Waals surface area contributed by atoms with Crippen LogP contribution in [-0.4, -0.2) is 20.9 Å². The second-order valence-electron chi connectivity index (χ2n) is 3.13. The lowest BCUT2D eigenvalue weighted by atomic mass is 10.1. The molecule has 1 aliphatic rings. The summed E-state index contributed by atoms with van der Waals surface area (Å²) in [6.45, 7) is 0. The van der Waals surface area contributed by atoms with E-state index < -0.39 is 5.97 Å². The van der Waals surface area contributed by atoms with Crippen molar-refractivity contribution in [3.63, 3.8) is 0 Å². The van der Waals surface area contributed by atoms with Crippen LogP contribution in [0.15, 0.2) is 6.20 Å². The van der Waals surface area contributed by atoms with Gasteiger partial charge < -0.3 is 5.11 Å². The molecular weight excluding hydrogens is 156 g/mol. The van der Waals surface area contributed by atoms with Gasteiger partial charge >= 0.3 is 5.97 Å². The maximum absolute atomic E-state index is 10.7. The first-order chi connectivity index (χ1) is 5.68. The van der Waals surface area contributed by atoms with Crippen LogP contribution in [-0.2, 0) is 18.3 Å². The van der Waals surface area contributed by atoms with Gasteiger partial charge in [-0.25, -0.2) is 0 Å². The molecule has 64 valence electrons. The summed E-state index contributed by atoms with van der Waals surface area (Å²) in [4.78, 5) is 10.7. The molecule has 0 saturated heterocycles. The monoisotopic (exact) mass is 166 g/mol. The minimum atomic E-state index is -0.734. The van der Waals surface area contributed by atoms with Crippen molar-refractivity contribution < 1.29 is 9.90 Å². The van der Waals surface area contributed by atoms with Crippen LogP contribution in [0.2, 0.25) is 0 Å². The number of nitrogens with zero attached hydrogens (tertiary/aromatic N) is 2. The molecule has 0 spiro atoms. The van der Waals surface area contributed by atoms with E-state index in [1.54, 1.807) is 10.9 Å². The van der Waals surface area contributed by atoms with E-state index in [0.717, 1.165) is 17.7 Å². The standard InChI is InChI=1S/C8H10N2O2/c1-10-4-6-5(8(11)12)2-3-7(6)9-10/h4-5H,2-3H2,1H3,(H,11,12)/t5-/m0/s1. The number of carbonyl (C=O) groups is 1. The van der Waals surface area contributed by atoms with Gasteiger partial charge in [-0.3, -0.25) is 9.48 Å². The number of aryl methyl sites for hydroxylation is 2. The SMILES string of the molecule is Cn1cc2c(n1)CC[C@@H]2C(=O)O. The zero-order chi connectivity index (χ0) is 8.72. The number of aliphatic carboxylic acids is 1. The number of fused-ring (bicyclic) bond motifs is 1. The van der Waals surface area contributed by atoms with Crippen molar-refractivity contribution >= 4 is 5.97 Å². The average Bonchev–Trinajstić information content (AvgIpc) is 2.43. The molecular formula is C8H10N2O2. The Labute approximate surface area is 69.8 Å². The summed E-state index contributed by atoms with van der Waals surface area (Å²) in [5.41, 5.74) is 1.84. The topological polar surface area (TPSA) is 55.1 Å². The molecule has 0 amide bonds. The van der Waals surface area contributed by atoms with Crippen LogP contribution in [0.3, 0.4) is 0 Å². The van der Waals surface area contributed by atoms with Crippen molar-refractivity contribution in [2.75, 3.05) is 0 Å². The van der Waals surface area contributed by atoms with Crippen molar-refractivity contribution in [3.05, 3.63) is 17.5 Å². The predicted octanol–water partition coefficient (Wildman–Crippen LogP) is 0.534. The van der Waals surface area contributed by atoms with Gasteiger partial charge in [0.15, 0.2) is 0 Å². The first-order valence-electron chi connectivity index (χ1n) is 3.93. The van der Waals surface area contributed by atoms with Crippen LogP contribution in [0.25, 0.3) is 0 Å². The highest BCUT2D eigenvalue weighted by Crippen LogP contribution is 2.31. The molecule has 12 heavy (non-hydrogen) atoms. The minimum Gasteiger partial charge on any atom is -0.481 e. The second kappa shape index (κ2) is 2.33. The first-order valence-corrected chi connectivity index (χ1v) is 3.93. The van der Waals surface area contributed by atoms with E-state index in [1.165, 1.54) is 0 Å². The smallest absolute Gasteiger partial charge is 0.311 e. The van der Waals surface area contributed by atoms with Crippen LogP contribution in [0.1, 0.15) is 23.6 Å². The highest BCUT2D eigenvalue weighted by molar-refractivity contribution is 5.77. The van der Waals surface area contributed by atoms with Gasteiger partial charge in [0.1, 0.15) is 0 Å². The third kappa shape index (κ3) is 0.913. The van der Waals surface area contributed by atoms with E-state index in [9.17, 15) is 4.79 Å². The Balaban J connectivity index is 2.41. The number of rotatable bonds is 1. The van der Waals surface area contributed by atoms with E-state index in [1.807, 2.05) is 7.05 Å². The number of hydrogen-bond donors (Lipinski definition) is 1. The average molecular weight is 166 g/mol. The molecule has 0 saturated carbocycles. The van der Waals surface area contributed by atoms with Gasteiger partial charge in [-0.2, -0.15) is 5.10 Å². The van der Waals surface area contributed by atoms with Crippen LogP contribution in [0.4, 0.5) is 0 Å². The number of carboxylic acids is 1. The Morgan fingerprint density at radius 1 is 1.83 bits per heavy atom. The Kier molecular flexibility index (Phi) is 1.43. The molecule has 0 bridgehead atoms. The fraction of sp³-hybridized carbons (Fsp3) is 0.500. The fourth-order valence-corrected chi connectivity index (χ4v) is 1.73. The molecule has 1 aromatic rings. The third-order valence-corrected chi connectivity index (χ3v) is 2.28. The van der Waals surface area contributed by atoms with Gasteiger partial charge in [0.2, 0.25) is 0 Å². The summed E-state index contributed by atoms with van der Waals surface area (Å²) in [6.07, 6.45) is 3.31. The molecule has 0 fully saturated rings. The van der Waals surface area contributed by atoms with Crippen molar-refractivity contribution in [1.82, 2.24) is 9.78 Å². The van der Waals surface area contributed by atoms with Gasteiger partial charge in [0.05, 0.1) is 11.6 Å². The molecule has 2 rings (SSSR count). The van der Waals surface area contributed by atoms with Crippen molar-refractivity contribution in [3.8, 4) is 0 Å². The molecule has 1 aromatic heterocycles. The number of carboxylic acid groups (broad SMARTS) is 1. The summed E-state index contributed by atoms with van der Waals surface area (Å²) in [7, 11) is 1.82. The highest BCUT2D eigenvalue weighted by Gasteiger charge is 2.30. The van der Waals surface area contributed by atoms with Crippen molar-refractivity contribution in [2.24, 2.45) is 7.05 Å². The minimum absolute atomic E-state index is 0.325. The Bertz CT molecular complexity index is 330. The van der Waals surface area contributed by atoms with Gasteiger partial charge in [-0.05, 0) is 12.8 Å². The summed E-state index contributed by atoms with van der Waals surface area (Å²) in [6, 6.07) is 0. The second-order valence-corrected chi connectivity index (χ2v) is 3.13. The summed E-state index contributed by atoms with van der Waals surface area (Å²) in [5, 5.41) is 13.0. The van der Waals surface area contributed by atoms with E-state index in [2.05, 4.69) is 5.10 Å². The summed E-state index contributed by atoms with van der Waals surface area (Å²) in [5.74, 6) is -1.06. The lowest BCUT2D eigenvalue weighted by molar-refractivity contribution is -0.138. The van der Waals surface area contributed by atoms with Crippen molar-refractivity contribution in [2.45, 2.75) is 18.8 Å². The molecule has 0 aliphatic heterocycles. The molecule has 1 heterocycles. The molecule has 0 unspecified atom stereocenters. The zero-order valence-electron chi connectivity index (χ0n) is 6.82. The number of aromatic nitrogens is 2. The highest BCUT2D eigenvalue weighted by atomic mass is 16.4. The molecule has 4 heteroatoms. The lowest BCUT2D eigenvalue weighted by Gasteiger charge is -2.00. The normalized spacial score (nSPS) is 20.9. The molecule has 4 nitrogen and oxygen atoms in total. The van der Waals surface area contributed by atoms with Crippen LogP contribution in [0, 0.1) is 0 Å². The van der Waals surface area contributed by atoms with E-state index in [4.69, 9.17) is 5.11 Å². The molecule has 0 aromatic carbocycles. The fourth-order valence-electron chi connectivity index (χ4n) is 1.73. The van der Waals surface area contributed by atoms with Gasteiger partial charge in [-0.1, -0.05) is 0 Å². The Morgan fingerprint density at radius 2 is 2.58 bits per heavy atom. The Morgan fingerprint density at radius 3 is 3.25 bits per heavy atom. The Hall–Kier alpha value is -1.32. The summed E-state index contributed by atoms with van der Waals surface area (Å²) >= 11 is 0. The van der Waals surface area contributed by atoms with E-state index in [0.29, 0.717) is 6.42 Å². The quantitative estimate of drug-likeness (QED) is 0.662. The molecule has 1 aliphatic carbocycles. The van der Waals surface area contributed by atoms with E-state index in [-0.39, 0.29) is 5.92 Å². The third-order valence-electron chi connectivity index (χ3n) is 2.28. The van der Waals surface area contributed by atoms with E-state index >= 15 is 0 Å². The molecule has 0 radical (unpaired) electrons. The molecule has 1 atom stereocenters. The number of hydrogen-bond acceptors (Lipinski definition) is 2. The lowest BCUT2D eigenvalue weighted by Crippen LogP contribution is -2.07.